The van der Waals surface area contributed by atoms with Crippen LogP contribution in [-0.4, -0.2) is 12.3 Å². The molecule has 0 aliphatic rings. The number of hydrogen-bond acceptors (Lipinski definition) is 3. The van der Waals surface area contributed by atoms with Gasteiger partial charge in [-0.1, -0.05) is 0 Å². The molecule has 0 aliphatic heterocycles. The number of methoxy groups -OCH3 is 1. The lowest BCUT2D eigenvalue weighted by atomic mass is 10.3. The first-order valence-corrected chi connectivity index (χ1v) is 4.39. The van der Waals surface area contributed by atoms with Gasteiger partial charge in [-0.3, -0.25) is 0 Å². The SMILES string of the molecule is COc1cc(N=C=S)ccc1Br. The van der Waals surface area contributed by atoms with Crippen LogP contribution in [0.4, 0.5) is 5.69 Å². The third-order valence-corrected chi connectivity index (χ3v) is 2.06. The van der Waals surface area contributed by atoms with Gasteiger partial charge in [0.25, 0.3) is 0 Å². The van der Waals surface area contributed by atoms with Crippen molar-refractivity contribution in [1.29, 1.82) is 0 Å². The van der Waals surface area contributed by atoms with E-state index in [9.17, 15) is 0 Å². The zero-order valence-corrected chi connectivity index (χ0v) is 8.78. The summed E-state index contributed by atoms with van der Waals surface area (Å²) >= 11 is 7.81. The first-order chi connectivity index (χ1) is 5.77. The van der Waals surface area contributed by atoms with Crippen LogP contribution in [0.25, 0.3) is 0 Å². The molecular formula is C8H6BrNOS. The number of thiocarbonyl (C=S) groups is 1. The summed E-state index contributed by atoms with van der Waals surface area (Å²) in [5, 5.41) is 2.29. The highest BCUT2D eigenvalue weighted by atomic mass is 79.9. The van der Waals surface area contributed by atoms with Gasteiger partial charge in [0.15, 0.2) is 0 Å². The number of hydrogen-bond donors (Lipinski definition) is 0. The van der Waals surface area contributed by atoms with E-state index in [0.29, 0.717) is 0 Å². The highest BCUT2D eigenvalue weighted by molar-refractivity contribution is 9.10. The second kappa shape index (κ2) is 4.36. The summed E-state index contributed by atoms with van der Waals surface area (Å²) in [4.78, 5) is 3.82. The summed E-state index contributed by atoms with van der Waals surface area (Å²) in [6.45, 7) is 0. The zero-order valence-electron chi connectivity index (χ0n) is 6.37. The molecule has 0 fully saturated rings. The second-order valence-corrected chi connectivity index (χ2v) is 3.06. The first kappa shape index (κ1) is 9.39. The lowest BCUT2D eigenvalue weighted by molar-refractivity contribution is 0.412. The van der Waals surface area contributed by atoms with E-state index in [1.54, 1.807) is 13.2 Å². The summed E-state index contributed by atoms with van der Waals surface area (Å²) < 4.78 is 5.96. The van der Waals surface area contributed by atoms with Crippen LogP contribution in [0.1, 0.15) is 0 Å². The Balaban J connectivity index is 3.13. The summed E-state index contributed by atoms with van der Waals surface area (Å²) in [6.07, 6.45) is 0. The van der Waals surface area contributed by atoms with Crippen molar-refractivity contribution >= 4 is 39.0 Å². The van der Waals surface area contributed by atoms with E-state index >= 15 is 0 Å². The molecule has 12 heavy (non-hydrogen) atoms. The minimum Gasteiger partial charge on any atom is -0.495 e. The topological polar surface area (TPSA) is 21.6 Å². The summed E-state index contributed by atoms with van der Waals surface area (Å²) in [7, 11) is 1.60. The Morgan fingerprint density at radius 1 is 1.58 bits per heavy atom. The van der Waals surface area contributed by atoms with Crippen LogP contribution in [-0.2, 0) is 0 Å². The van der Waals surface area contributed by atoms with Crippen molar-refractivity contribution in [3.8, 4) is 5.75 Å². The fourth-order valence-corrected chi connectivity index (χ4v) is 1.28. The fraction of sp³-hybridized carbons (Fsp3) is 0.125. The number of isothiocyanates is 1. The van der Waals surface area contributed by atoms with Gasteiger partial charge in [0.05, 0.1) is 22.4 Å². The molecule has 1 rings (SSSR count). The Kier molecular flexibility index (Phi) is 3.41. The van der Waals surface area contributed by atoms with Crippen LogP contribution in [0.15, 0.2) is 27.7 Å². The molecule has 0 aromatic heterocycles. The molecule has 0 unspecified atom stereocenters. The quantitative estimate of drug-likeness (QED) is 0.588. The van der Waals surface area contributed by atoms with Crippen LogP contribution in [0.2, 0.25) is 0 Å². The van der Waals surface area contributed by atoms with E-state index in [-0.39, 0.29) is 0 Å². The smallest absolute Gasteiger partial charge is 0.135 e. The molecule has 62 valence electrons. The van der Waals surface area contributed by atoms with Crippen molar-refractivity contribution in [2.24, 2.45) is 4.99 Å². The maximum absolute atomic E-state index is 5.06. The molecular weight excluding hydrogens is 238 g/mol. The molecule has 4 heteroatoms. The lowest BCUT2D eigenvalue weighted by Gasteiger charge is -2.02. The van der Waals surface area contributed by atoms with Crippen LogP contribution in [0, 0.1) is 0 Å². The van der Waals surface area contributed by atoms with Gasteiger partial charge in [0, 0.05) is 6.07 Å². The molecule has 1 aromatic rings. The molecule has 1 aromatic carbocycles. The normalized spacial score (nSPS) is 8.83. The van der Waals surface area contributed by atoms with Gasteiger partial charge < -0.3 is 4.74 Å². The monoisotopic (exact) mass is 243 g/mol. The number of ether oxygens (including phenoxy) is 1. The van der Waals surface area contributed by atoms with Crippen LogP contribution < -0.4 is 4.74 Å². The van der Waals surface area contributed by atoms with Crippen molar-refractivity contribution in [1.82, 2.24) is 0 Å². The van der Waals surface area contributed by atoms with E-state index in [2.05, 4.69) is 38.3 Å². The van der Waals surface area contributed by atoms with E-state index in [1.165, 1.54) is 0 Å². The molecule has 0 aliphatic carbocycles. The average molecular weight is 244 g/mol. The van der Waals surface area contributed by atoms with Gasteiger partial charge in [0.1, 0.15) is 5.75 Å². The van der Waals surface area contributed by atoms with Crippen molar-refractivity contribution in [2.75, 3.05) is 7.11 Å². The molecule has 0 amide bonds. The molecule has 0 bridgehead atoms. The van der Waals surface area contributed by atoms with Gasteiger partial charge in [-0.05, 0) is 40.3 Å². The minimum absolute atomic E-state index is 0.738. The van der Waals surface area contributed by atoms with Crippen LogP contribution in [0.5, 0.6) is 5.75 Å². The van der Waals surface area contributed by atoms with Crippen molar-refractivity contribution < 1.29 is 4.74 Å². The maximum Gasteiger partial charge on any atom is 0.135 e. The van der Waals surface area contributed by atoms with Crippen molar-refractivity contribution in [2.45, 2.75) is 0 Å². The fourth-order valence-electron chi connectivity index (χ4n) is 0.771. The summed E-state index contributed by atoms with van der Waals surface area (Å²) in [6, 6.07) is 5.46. The molecule has 0 saturated heterocycles. The second-order valence-electron chi connectivity index (χ2n) is 2.02. The molecule has 0 atom stereocenters. The van der Waals surface area contributed by atoms with E-state index in [0.717, 1.165) is 15.9 Å². The Bertz CT molecular complexity index is 334. The van der Waals surface area contributed by atoms with Crippen LogP contribution in [0.3, 0.4) is 0 Å². The number of aliphatic imine (C=N–C) groups is 1. The number of halogens is 1. The predicted molar refractivity (Wildman–Crippen MR) is 55.4 cm³/mol. The van der Waals surface area contributed by atoms with E-state index in [4.69, 9.17) is 4.74 Å². The van der Waals surface area contributed by atoms with Gasteiger partial charge in [-0.2, -0.15) is 4.99 Å². The summed E-state index contributed by atoms with van der Waals surface area (Å²) in [5.74, 6) is 0.738. The van der Waals surface area contributed by atoms with Gasteiger partial charge in [-0.25, -0.2) is 0 Å². The molecule has 0 saturated carbocycles. The van der Waals surface area contributed by atoms with Crippen molar-refractivity contribution in [3.05, 3.63) is 22.7 Å². The summed E-state index contributed by atoms with van der Waals surface area (Å²) in [5.41, 5.74) is 0.741. The third-order valence-electron chi connectivity index (χ3n) is 1.31. The molecule has 0 radical (unpaired) electrons. The third kappa shape index (κ3) is 2.14. The van der Waals surface area contributed by atoms with Gasteiger partial charge in [-0.15, -0.1) is 0 Å². The average Bonchev–Trinajstić information content (AvgIpc) is 2.09. The number of nitrogens with zero attached hydrogens (tertiary/aromatic N) is 1. The highest BCUT2D eigenvalue weighted by Gasteiger charge is 1.99. The Morgan fingerprint density at radius 2 is 2.33 bits per heavy atom. The van der Waals surface area contributed by atoms with Crippen LogP contribution >= 0.6 is 28.1 Å². The number of rotatable bonds is 2. The van der Waals surface area contributed by atoms with E-state index < -0.39 is 0 Å². The molecule has 2 nitrogen and oxygen atoms in total. The lowest BCUT2D eigenvalue weighted by Crippen LogP contribution is -1.82. The first-order valence-electron chi connectivity index (χ1n) is 3.19. The Labute approximate surface area is 84.4 Å². The van der Waals surface area contributed by atoms with E-state index in [1.807, 2.05) is 12.1 Å². The predicted octanol–water partition coefficient (Wildman–Crippen LogP) is 3.19. The zero-order chi connectivity index (χ0) is 8.97. The Morgan fingerprint density at radius 3 is 2.92 bits per heavy atom. The minimum atomic E-state index is 0.738. The molecule has 0 N–H and O–H groups in total. The number of benzene rings is 1. The standard InChI is InChI=1S/C8H6BrNOS/c1-11-8-4-6(10-5-12)2-3-7(8)9/h2-4H,1H3. The Hall–Kier alpha value is -0.700. The largest absolute Gasteiger partial charge is 0.495 e. The van der Waals surface area contributed by atoms with Gasteiger partial charge >= 0.3 is 0 Å². The van der Waals surface area contributed by atoms with Crippen molar-refractivity contribution in [3.63, 3.8) is 0 Å². The molecule has 0 heterocycles. The highest BCUT2D eigenvalue weighted by Crippen LogP contribution is 2.28. The molecule has 0 spiro atoms. The van der Waals surface area contributed by atoms with Gasteiger partial charge in [0.2, 0.25) is 0 Å². The maximum atomic E-state index is 5.06.